The van der Waals surface area contributed by atoms with Crippen LogP contribution < -0.4 is 10.1 Å². The molecule has 94 valence electrons. The number of carbonyl (C=O) groups excluding carboxylic acids is 1. The number of nitrogens with zero attached hydrogens (tertiary/aromatic N) is 2. The van der Waals surface area contributed by atoms with Crippen LogP contribution in [0.3, 0.4) is 0 Å². The molecular weight excluding hydrogens is 244 g/mol. The zero-order chi connectivity index (χ0) is 13.1. The fraction of sp³-hybridized carbons (Fsp3) is 0. The van der Waals surface area contributed by atoms with Crippen LogP contribution in [0.2, 0.25) is 0 Å². The van der Waals surface area contributed by atoms with Gasteiger partial charge >= 0.3 is 6.09 Å². The third kappa shape index (κ3) is 2.37. The maximum absolute atomic E-state index is 11.7. The average molecular weight is 254 g/mol. The predicted octanol–water partition coefficient (Wildman–Crippen LogP) is 2.57. The summed E-state index contributed by atoms with van der Waals surface area (Å²) in [6, 6.07) is 12.4. The van der Waals surface area contributed by atoms with Gasteiger partial charge in [-0.25, -0.2) is 9.78 Å². The number of nitrogens with one attached hydrogen (secondary N) is 2. The summed E-state index contributed by atoms with van der Waals surface area (Å²) in [5, 5.41) is 10.0. The zero-order valence-corrected chi connectivity index (χ0v) is 9.83. The molecule has 2 N–H and O–H groups in total. The minimum Gasteiger partial charge on any atom is -0.410 e. The third-order valence-corrected chi connectivity index (χ3v) is 2.51. The molecule has 1 aromatic carbocycles. The van der Waals surface area contributed by atoms with Gasteiger partial charge in [0.25, 0.3) is 0 Å². The van der Waals surface area contributed by atoms with Gasteiger partial charge in [0.1, 0.15) is 11.6 Å². The maximum atomic E-state index is 11.7. The first-order chi connectivity index (χ1) is 9.33. The number of carbonyl (C=O) groups is 1. The van der Waals surface area contributed by atoms with Gasteiger partial charge in [0.2, 0.25) is 0 Å². The maximum Gasteiger partial charge on any atom is 0.418 e. The number of rotatable bonds is 2. The van der Waals surface area contributed by atoms with Crippen LogP contribution in [0.4, 0.5) is 10.6 Å². The topological polar surface area (TPSA) is 79.9 Å². The normalized spacial score (nSPS) is 10.3. The summed E-state index contributed by atoms with van der Waals surface area (Å²) in [6.07, 6.45) is 1.05. The van der Waals surface area contributed by atoms with Crippen molar-refractivity contribution in [1.82, 2.24) is 15.2 Å². The molecule has 0 unspecified atom stereocenters. The molecule has 0 fully saturated rings. The Morgan fingerprint density at radius 2 is 2.00 bits per heavy atom. The van der Waals surface area contributed by atoms with Gasteiger partial charge in [-0.1, -0.05) is 18.2 Å². The molecule has 3 aromatic rings. The number of aromatic amines is 1. The number of H-pyrrole nitrogens is 1. The first kappa shape index (κ1) is 11.2. The number of anilines is 1. The molecule has 19 heavy (non-hydrogen) atoms. The number of amides is 1. The van der Waals surface area contributed by atoms with Crippen molar-refractivity contribution in [3.63, 3.8) is 0 Å². The quantitative estimate of drug-likeness (QED) is 0.736. The molecule has 0 atom stereocenters. The van der Waals surface area contributed by atoms with Gasteiger partial charge < -0.3 is 4.74 Å². The fourth-order valence-corrected chi connectivity index (χ4v) is 1.67. The van der Waals surface area contributed by atoms with Gasteiger partial charge in [0.05, 0.1) is 5.39 Å². The second kappa shape index (κ2) is 4.77. The second-order valence-electron chi connectivity index (χ2n) is 3.80. The lowest BCUT2D eigenvalue weighted by Crippen LogP contribution is -2.17. The summed E-state index contributed by atoms with van der Waals surface area (Å²) < 4.78 is 5.12. The van der Waals surface area contributed by atoms with E-state index in [0.717, 1.165) is 5.39 Å². The molecule has 0 aliphatic heterocycles. The van der Waals surface area contributed by atoms with Gasteiger partial charge in [0.15, 0.2) is 5.65 Å². The van der Waals surface area contributed by atoms with E-state index >= 15 is 0 Å². The minimum absolute atomic E-state index is 0.462. The second-order valence-corrected chi connectivity index (χ2v) is 3.80. The average Bonchev–Trinajstić information content (AvgIpc) is 2.83. The highest BCUT2D eigenvalue weighted by molar-refractivity contribution is 5.96. The van der Waals surface area contributed by atoms with Gasteiger partial charge in [0, 0.05) is 6.20 Å². The Morgan fingerprint density at radius 1 is 1.16 bits per heavy atom. The van der Waals surface area contributed by atoms with E-state index in [2.05, 4.69) is 20.5 Å². The Balaban J connectivity index is 1.76. The van der Waals surface area contributed by atoms with Crippen LogP contribution in [0.5, 0.6) is 5.75 Å². The first-order valence-corrected chi connectivity index (χ1v) is 5.66. The smallest absolute Gasteiger partial charge is 0.410 e. The number of hydrogen-bond donors (Lipinski definition) is 2. The monoisotopic (exact) mass is 254 g/mol. The molecule has 2 aromatic heterocycles. The molecule has 3 rings (SSSR count). The standard InChI is InChI=1S/C13H10N4O2/c18-13(19-9-5-2-1-3-6-9)15-12-10-7-4-8-14-11(10)16-17-12/h1-8H,(H2,14,15,16,17,18). The van der Waals surface area contributed by atoms with Crippen molar-refractivity contribution in [3.05, 3.63) is 48.7 Å². The number of hydrogen-bond acceptors (Lipinski definition) is 4. The minimum atomic E-state index is -0.583. The Bertz CT molecular complexity index is 709. The Labute approximate surface area is 108 Å². The summed E-state index contributed by atoms with van der Waals surface area (Å²) in [4.78, 5) is 15.8. The number of pyridine rings is 1. The van der Waals surface area contributed by atoms with Crippen LogP contribution >= 0.6 is 0 Å². The molecule has 0 bridgehead atoms. The molecule has 0 saturated heterocycles. The molecule has 1 amide bonds. The molecular formula is C13H10N4O2. The number of para-hydroxylation sites is 1. The van der Waals surface area contributed by atoms with Crippen LogP contribution in [0.25, 0.3) is 11.0 Å². The number of benzene rings is 1. The van der Waals surface area contributed by atoms with Gasteiger partial charge in [-0.15, -0.1) is 0 Å². The van der Waals surface area contributed by atoms with Gasteiger partial charge in [-0.2, -0.15) is 5.10 Å². The van der Waals surface area contributed by atoms with E-state index in [4.69, 9.17) is 4.74 Å². The van der Waals surface area contributed by atoms with Crippen molar-refractivity contribution in [2.24, 2.45) is 0 Å². The summed E-state index contributed by atoms with van der Waals surface area (Å²) in [6.45, 7) is 0. The highest BCUT2D eigenvalue weighted by atomic mass is 16.6. The van der Waals surface area contributed by atoms with Gasteiger partial charge in [-0.3, -0.25) is 10.4 Å². The molecule has 6 heteroatoms. The molecule has 2 heterocycles. The number of ether oxygens (including phenoxy) is 1. The Kier molecular flexibility index (Phi) is 2.82. The van der Waals surface area contributed by atoms with E-state index in [1.165, 1.54) is 0 Å². The molecule has 0 aliphatic rings. The van der Waals surface area contributed by atoms with E-state index < -0.39 is 6.09 Å². The van der Waals surface area contributed by atoms with Crippen molar-refractivity contribution in [2.45, 2.75) is 0 Å². The van der Waals surface area contributed by atoms with E-state index in [1.54, 1.807) is 36.5 Å². The van der Waals surface area contributed by atoms with Crippen LogP contribution in [0.1, 0.15) is 0 Å². The Morgan fingerprint density at radius 3 is 2.84 bits per heavy atom. The molecule has 0 saturated carbocycles. The largest absolute Gasteiger partial charge is 0.418 e. The molecule has 0 radical (unpaired) electrons. The molecule has 6 nitrogen and oxygen atoms in total. The zero-order valence-electron chi connectivity index (χ0n) is 9.83. The van der Waals surface area contributed by atoms with Crippen molar-refractivity contribution < 1.29 is 9.53 Å². The third-order valence-electron chi connectivity index (χ3n) is 2.51. The highest BCUT2D eigenvalue weighted by Gasteiger charge is 2.10. The van der Waals surface area contributed by atoms with Crippen LogP contribution in [0, 0.1) is 0 Å². The molecule has 0 aliphatic carbocycles. The fourth-order valence-electron chi connectivity index (χ4n) is 1.67. The Hall–Kier alpha value is -2.89. The highest BCUT2D eigenvalue weighted by Crippen LogP contribution is 2.18. The van der Waals surface area contributed by atoms with E-state index in [9.17, 15) is 4.79 Å². The summed E-state index contributed by atoms with van der Waals surface area (Å²) in [5.41, 5.74) is 0.539. The summed E-state index contributed by atoms with van der Waals surface area (Å²) >= 11 is 0. The van der Waals surface area contributed by atoms with Crippen molar-refractivity contribution in [1.29, 1.82) is 0 Å². The van der Waals surface area contributed by atoms with E-state index in [-0.39, 0.29) is 0 Å². The predicted molar refractivity (Wildman–Crippen MR) is 70.0 cm³/mol. The number of fused-ring (bicyclic) bond motifs is 1. The molecule has 0 spiro atoms. The van der Waals surface area contributed by atoms with Crippen molar-refractivity contribution in [3.8, 4) is 5.75 Å². The van der Waals surface area contributed by atoms with Gasteiger partial charge in [-0.05, 0) is 24.3 Å². The SMILES string of the molecule is O=C(Nc1[nH]nc2ncccc12)Oc1ccccc1. The lowest BCUT2D eigenvalue weighted by Gasteiger charge is -2.04. The van der Waals surface area contributed by atoms with Crippen LogP contribution in [-0.4, -0.2) is 21.3 Å². The lowest BCUT2D eigenvalue weighted by atomic mass is 10.3. The lowest BCUT2D eigenvalue weighted by molar-refractivity contribution is 0.215. The van der Waals surface area contributed by atoms with Crippen molar-refractivity contribution >= 4 is 22.9 Å². The summed E-state index contributed by atoms with van der Waals surface area (Å²) in [5.74, 6) is 0.936. The van der Waals surface area contributed by atoms with Crippen LogP contribution in [0.15, 0.2) is 48.7 Å². The summed E-state index contributed by atoms with van der Waals surface area (Å²) in [7, 11) is 0. The first-order valence-electron chi connectivity index (χ1n) is 5.66. The van der Waals surface area contributed by atoms with Crippen molar-refractivity contribution in [2.75, 3.05) is 5.32 Å². The number of aromatic nitrogens is 3. The van der Waals surface area contributed by atoms with E-state index in [1.807, 2.05) is 12.1 Å². The van der Waals surface area contributed by atoms with Crippen LogP contribution in [-0.2, 0) is 0 Å². The van der Waals surface area contributed by atoms with E-state index in [0.29, 0.717) is 17.2 Å².